The molecule has 1 N–H and O–H groups in total. The first-order chi connectivity index (χ1) is 16.1. The Morgan fingerprint density at radius 2 is 2.03 bits per heavy atom. The largest absolute Gasteiger partial charge is 0.467 e. The van der Waals surface area contributed by atoms with Crippen molar-refractivity contribution in [3.63, 3.8) is 0 Å². The normalized spacial score (nSPS) is 15.3. The van der Waals surface area contributed by atoms with Crippen LogP contribution < -0.4 is 10.1 Å². The highest BCUT2D eigenvalue weighted by atomic mass is 35.5. The van der Waals surface area contributed by atoms with Gasteiger partial charge in [0.05, 0.1) is 11.1 Å². The minimum Gasteiger partial charge on any atom is -0.467 e. The highest BCUT2D eigenvalue weighted by Gasteiger charge is 2.24. The van der Waals surface area contributed by atoms with Crippen LogP contribution in [0.2, 0.25) is 5.02 Å². The number of rotatable bonds is 6. The second-order valence-corrected chi connectivity index (χ2v) is 10.7. The topological polar surface area (TPSA) is 64.1 Å². The van der Waals surface area contributed by atoms with Crippen LogP contribution >= 0.6 is 34.7 Å². The molecule has 8 heteroatoms. The highest BCUT2D eigenvalue weighted by Crippen LogP contribution is 2.40. The van der Waals surface area contributed by atoms with Crippen molar-refractivity contribution < 1.29 is 9.53 Å². The third-order valence-corrected chi connectivity index (χ3v) is 8.10. The molecule has 2 aromatic carbocycles. The van der Waals surface area contributed by atoms with Gasteiger partial charge in [0.25, 0.3) is 5.91 Å². The lowest BCUT2D eigenvalue weighted by Gasteiger charge is -2.18. The average molecular weight is 496 g/mol. The van der Waals surface area contributed by atoms with Crippen LogP contribution in [-0.4, -0.2) is 22.5 Å². The molecule has 0 fully saturated rings. The lowest BCUT2D eigenvalue weighted by molar-refractivity contribution is -0.118. The first kappa shape index (κ1) is 22.2. The quantitative estimate of drug-likeness (QED) is 0.325. The standard InChI is InChI=1S/C25H22ClN3O2S2/c1-15-6-11-18-21(12-15)33-25-23(18)24(27-14-28-25)31-13-22(30)29-19-4-2-3-5-20(19)32-17-9-7-16(26)8-10-17/h2-5,7-10,14-15H,6,11-13H2,1H3,(H,29,30)/t15-/m1/s1. The zero-order chi connectivity index (χ0) is 22.8. The SMILES string of the molecule is C[C@@H]1CCc2c(sc3ncnc(OCC(=O)Nc4ccccc4Sc4ccc(Cl)cc4)c23)C1. The van der Waals surface area contributed by atoms with Crippen molar-refractivity contribution in [2.75, 3.05) is 11.9 Å². The summed E-state index contributed by atoms with van der Waals surface area (Å²) in [6.07, 6.45) is 4.73. The summed E-state index contributed by atoms with van der Waals surface area (Å²) in [5, 5.41) is 4.63. The molecular weight excluding hydrogens is 474 g/mol. The maximum absolute atomic E-state index is 12.7. The van der Waals surface area contributed by atoms with Gasteiger partial charge in [-0.2, -0.15) is 0 Å². The van der Waals surface area contributed by atoms with Crippen molar-refractivity contribution in [1.29, 1.82) is 0 Å². The number of carbonyl (C=O) groups excluding carboxylic acids is 1. The lowest BCUT2D eigenvalue weighted by atomic mass is 9.89. The lowest BCUT2D eigenvalue weighted by Crippen LogP contribution is -2.21. The minimum absolute atomic E-state index is 0.118. The van der Waals surface area contributed by atoms with Crippen LogP contribution in [0.5, 0.6) is 5.88 Å². The number of benzene rings is 2. The van der Waals surface area contributed by atoms with E-state index in [-0.39, 0.29) is 12.5 Å². The maximum Gasteiger partial charge on any atom is 0.262 e. The van der Waals surface area contributed by atoms with E-state index >= 15 is 0 Å². The molecule has 2 aromatic heterocycles. The molecule has 0 saturated heterocycles. The molecule has 0 bridgehead atoms. The molecule has 0 unspecified atom stereocenters. The van der Waals surface area contributed by atoms with E-state index < -0.39 is 0 Å². The first-order valence-electron chi connectivity index (χ1n) is 10.8. The van der Waals surface area contributed by atoms with Gasteiger partial charge in [-0.25, -0.2) is 9.97 Å². The van der Waals surface area contributed by atoms with Crippen molar-refractivity contribution in [2.24, 2.45) is 5.92 Å². The number of anilines is 1. The number of aryl methyl sites for hydroxylation is 1. The number of carbonyl (C=O) groups is 1. The van der Waals surface area contributed by atoms with Crippen LogP contribution in [0.4, 0.5) is 5.69 Å². The third kappa shape index (κ3) is 5.00. The fourth-order valence-corrected chi connectivity index (χ4v) is 6.33. The van der Waals surface area contributed by atoms with Gasteiger partial charge >= 0.3 is 0 Å². The van der Waals surface area contributed by atoms with Gasteiger partial charge in [-0.3, -0.25) is 4.79 Å². The van der Waals surface area contributed by atoms with Gasteiger partial charge in [0.1, 0.15) is 11.2 Å². The number of nitrogens with zero attached hydrogens (tertiary/aromatic N) is 2. The molecule has 1 aliphatic rings. The molecule has 0 spiro atoms. The maximum atomic E-state index is 12.7. The van der Waals surface area contributed by atoms with Crippen molar-refractivity contribution >= 4 is 56.5 Å². The molecule has 2 heterocycles. The van der Waals surface area contributed by atoms with E-state index in [1.807, 2.05) is 48.5 Å². The molecule has 168 valence electrons. The van der Waals surface area contributed by atoms with Gasteiger partial charge in [-0.05, 0) is 67.1 Å². The van der Waals surface area contributed by atoms with E-state index in [1.165, 1.54) is 16.8 Å². The van der Waals surface area contributed by atoms with E-state index in [2.05, 4.69) is 22.2 Å². The highest BCUT2D eigenvalue weighted by molar-refractivity contribution is 7.99. The number of amides is 1. The summed E-state index contributed by atoms with van der Waals surface area (Å²) in [4.78, 5) is 25.8. The summed E-state index contributed by atoms with van der Waals surface area (Å²) >= 11 is 9.27. The predicted octanol–water partition coefficient (Wildman–Crippen LogP) is 6.64. The Hall–Kier alpha value is -2.61. The Labute approximate surface area is 205 Å². The summed E-state index contributed by atoms with van der Waals surface area (Å²) in [5.41, 5.74) is 2.02. The molecule has 1 aliphatic carbocycles. The molecule has 0 radical (unpaired) electrons. The smallest absolute Gasteiger partial charge is 0.262 e. The number of para-hydroxylation sites is 1. The Morgan fingerprint density at radius 1 is 1.21 bits per heavy atom. The van der Waals surface area contributed by atoms with E-state index in [1.54, 1.807) is 23.1 Å². The van der Waals surface area contributed by atoms with E-state index in [0.717, 1.165) is 45.0 Å². The van der Waals surface area contributed by atoms with Gasteiger partial charge in [0, 0.05) is 19.7 Å². The molecule has 4 aromatic rings. The number of ether oxygens (including phenoxy) is 1. The van der Waals surface area contributed by atoms with Crippen LogP contribution in [0.15, 0.2) is 64.6 Å². The summed E-state index contributed by atoms with van der Waals surface area (Å²) in [6, 6.07) is 15.3. The number of hydrogen-bond acceptors (Lipinski definition) is 6. The van der Waals surface area contributed by atoms with Crippen LogP contribution in [-0.2, 0) is 17.6 Å². The monoisotopic (exact) mass is 495 g/mol. The molecule has 0 saturated carbocycles. The Kier molecular flexibility index (Phi) is 6.53. The Morgan fingerprint density at radius 3 is 2.88 bits per heavy atom. The zero-order valence-corrected chi connectivity index (χ0v) is 20.4. The second kappa shape index (κ2) is 9.71. The number of thiophene rings is 1. The summed E-state index contributed by atoms with van der Waals surface area (Å²) in [5.74, 6) is 0.939. The van der Waals surface area contributed by atoms with Gasteiger partial charge in [-0.15, -0.1) is 11.3 Å². The summed E-state index contributed by atoms with van der Waals surface area (Å²) in [7, 11) is 0. The zero-order valence-electron chi connectivity index (χ0n) is 18.0. The number of aromatic nitrogens is 2. The molecule has 1 amide bonds. The van der Waals surface area contributed by atoms with Crippen LogP contribution in [0.1, 0.15) is 23.8 Å². The van der Waals surface area contributed by atoms with Crippen molar-refractivity contribution in [2.45, 2.75) is 36.0 Å². The molecule has 0 aliphatic heterocycles. The molecule has 5 rings (SSSR count). The fourth-order valence-electron chi connectivity index (χ4n) is 3.96. The predicted molar refractivity (Wildman–Crippen MR) is 135 cm³/mol. The van der Waals surface area contributed by atoms with Crippen molar-refractivity contribution in [3.05, 3.63) is 70.3 Å². The summed E-state index contributed by atoms with van der Waals surface area (Å²) < 4.78 is 5.90. The van der Waals surface area contributed by atoms with Gasteiger partial charge in [0.2, 0.25) is 5.88 Å². The minimum atomic E-state index is -0.233. The Bertz CT molecular complexity index is 1310. The Balaban J connectivity index is 1.29. The molecule has 33 heavy (non-hydrogen) atoms. The number of hydrogen-bond donors (Lipinski definition) is 1. The van der Waals surface area contributed by atoms with Crippen LogP contribution in [0, 0.1) is 5.92 Å². The molecule has 1 atom stereocenters. The van der Waals surface area contributed by atoms with Gasteiger partial charge in [-0.1, -0.05) is 42.4 Å². The average Bonchev–Trinajstić information content (AvgIpc) is 3.18. The second-order valence-electron chi connectivity index (χ2n) is 8.10. The summed E-state index contributed by atoms with van der Waals surface area (Å²) in [6.45, 7) is 2.16. The van der Waals surface area contributed by atoms with Crippen molar-refractivity contribution in [1.82, 2.24) is 9.97 Å². The van der Waals surface area contributed by atoms with E-state index in [0.29, 0.717) is 16.8 Å². The molecular formula is C25H22ClN3O2S2. The fraction of sp³-hybridized carbons (Fsp3) is 0.240. The van der Waals surface area contributed by atoms with E-state index in [4.69, 9.17) is 16.3 Å². The van der Waals surface area contributed by atoms with Gasteiger partial charge < -0.3 is 10.1 Å². The molecule has 5 nitrogen and oxygen atoms in total. The third-order valence-electron chi connectivity index (χ3n) is 5.60. The number of halogens is 1. The van der Waals surface area contributed by atoms with Crippen LogP contribution in [0.25, 0.3) is 10.2 Å². The van der Waals surface area contributed by atoms with Crippen LogP contribution in [0.3, 0.4) is 0 Å². The van der Waals surface area contributed by atoms with Crippen molar-refractivity contribution in [3.8, 4) is 5.88 Å². The van der Waals surface area contributed by atoms with Gasteiger partial charge in [0.15, 0.2) is 6.61 Å². The number of nitrogens with one attached hydrogen (secondary N) is 1. The number of fused-ring (bicyclic) bond motifs is 3. The first-order valence-corrected chi connectivity index (χ1v) is 12.8. The van der Waals surface area contributed by atoms with E-state index in [9.17, 15) is 4.79 Å².